The monoisotopic (exact) mass is 239 g/mol. The van der Waals surface area contributed by atoms with Gasteiger partial charge in [0.1, 0.15) is 0 Å². The van der Waals surface area contributed by atoms with E-state index >= 15 is 0 Å². The third-order valence-corrected chi connectivity index (χ3v) is 3.71. The summed E-state index contributed by atoms with van der Waals surface area (Å²) in [5.74, 6) is 0.206. The Morgan fingerprint density at radius 3 is 2.76 bits per heavy atom. The summed E-state index contributed by atoms with van der Waals surface area (Å²) in [6.07, 6.45) is 3.82. The van der Waals surface area contributed by atoms with E-state index in [2.05, 4.69) is 10.6 Å². The molecule has 0 aliphatic carbocycles. The maximum absolute atomic E-state index is 12.2. The van der Waals surface area contributed by atoms with Crippen LogP contribution >= 0.6 is 0 Å². The number of hydrogen-bond donors (Lipinski definition) is 2. The maximum atomic E-state index is 12.2. The van der Waals surface area contributed by atoms with Gasteiger partial charge in [-0.15, -0.1) is 0 Å². The highest BCUT2D eigenvalue weighted by atomic mass is 16.2. The Morgan fingerprint density at radius 2 is 2.12 bits per heavy atom. The van der Waals surface area contributed by atoms with Crippen molar-refractivity contribution in [3.63, 3.8) is 0 Å². The molecule has 2 rings (SSSR count). The van der Waals surface area contributed by atoms with E-state index in [0.29, 0.717) is 6.54 Å². The van der Waals surface area contributed by atoms with Crippen LogP contribution in [0.3, 0.4) is 0 Å². The lowest BCUT2D eigenvalue weighted by Crippen LogP contribution is -2.50. The SMILES string of the molecule is CNC(=O)C1CCCN(C(=O)[C@@H]2CCCN2)C1. The van der Waals surface area contributed by atoms with E-state index in [4.69, 9.17) is 0 Å². The molecule has 5 heteroatoms. The van der Waals surface area contributed by atoms with Gasteiger partial charge in [-0.1, -0.05) is 0 Å². The molecule has 17 heavy (non-hydrogen) atoms. The third kappa shape index (κ3) is 2.77. The smallest absolute Gasteiger partial charge is 0.239 e. The molecule has 0 bridgehead atoms. The summed E-state index contributed by atoms with van der Waals surface area (Å²) >= 11 is 0. The van der Waals surface area contributed by atoms with E-state index in [-0.39, 0.29) is 23.8 Å². The van der Waals surface area contributed by atoms with Crippen LogP contribution in [0, 0.1) is 5.92 Å². The molecule has 1 unspecified atom stereocenters. The summed E-state index contributed by atoms with van der Waals surface area (Å²) in [4.78, 5) is 25.6. The molecule has 96 valence electrons. The predicted molar refractivity (Wildman–Crippen MR) is 64.4 cm³/mol. The number of nitrogens with one attached hydrogen (secondary N) is 2. The first kappa shape index (κ1) is 12.4. The number of nitrogens with zero attached hydrogens (tertiary/aromatic N) is 1. The van der Waals surface area contributed by atoms with E-state index in [1.165, 1.54) is 0 Å². The maximum Gasteiger partial charge on any atom is 0.239 e. The highest BCUT2D eigenvalue weighted by molar-refractivity contribution is 5.84. The van der Waals surface area contributed by atoms with Gasteiger partial charge in [-0.2, -0.15) is 0 Å². The van der Waals surface area contributed by atoms with Crippen molar-refractivity contribution in [2.75, 3.05) is 26.7 Å². The van der Waals surface area contributed by atoms with Crippen molar-refractivity contribution < 1.29 is 9.59 Å². The van der Waals surface area contributed by atoms with Crippen molar-refractivity contribution in [2.24, 2.45) is 5.92 Å². The van der Waals surface area contributed by atoms with E-state index in [0.717, 1.165) is 38.8 Å². The number of carbonyl (C=O) groups excluding carboxylic acids is 2. The molecule has 0 saturated carbocycles. The van der Waals surface area contributed by atoms with E-state index in [1.807, 2.05) is 4.90 Å². The number of piperidine rings is 1. The first-order valence-corrected chi connectivity index (χ1v) is 6.46. The van der Waals surface area contributed by atoms with Gasteiger partial charge >= 0.3 is 0 Å². The van der Waals surface area contributed by atoms with Crippen LogP contribution in [0.2, 0.25) is 0 Å². The normalized spacial score (nSPS) is 29.1. The van der Waals surface area contributed by atoms with Crippen molar-refractivity contribution in [1.82, 2.24) is 15.5 Å². The van der Waals surface area contributed by atoms with Crippen LogP contribution in [-0.4, -0.2) is 49.4 Å². The van der Waals surface area contributed by atoms with Gasteiger partial charge in [-0.05, 0) is 32.2 Å². The fourth-order valence-electron chi connectivity index (χ4n) is 2.71. The number of amides is 2. The molecule has 2 heterocycles. The lowest BCUT2D eigenvalue weighted by atomic mass is 9.96. The lowest BCUT2D eigenvalue weighted by molar-refractivity contribution is -0.137. The fraction of sp³-hybridized carbons (Fsp3) is 0.833. The number of likely N-dealkylation sites (tertiary alicyclic amines) is 1. The molecule has 0 aromatic heterocycles. The highest BCUT2D eigenvalue weighted by Gasteiger charge is 2.32. The lowest BCUT2D eigenvalue weighted by Gasteiger charge is -2.33. The summed E-state index contributed by atoms with van der Waals surface area (Å²) in [5.41, 5.74) is 0. The van der Waals surface area contributed by atoms with Crippen molar-refractivity contribution >= 4 is 11.8 Å². The quantitative estimate of drug-likeness (QED) is 0.697. The zero-order valence-corrected chi connectivity index (χ0v) is 10.4. The second-order valence-corrected chi connectivity index (χ2v) is 4.89. The molecule has 2 N–H and O–H groups in total. The minimum Gasteiger partial charge on any atom is -0.359 e. The Kier molecular flexibility index (Phi) is 3.99. The van der Waals surface area contributed by atoms with E-state index in [9.17, 15) is 9.59 Å². The zero-order chi connectivity index (χ0) is 12.3. The van der Waals surface area contributed by atoms with Crippen molar-refractivity contribution in [1.29, 1.82) is 0 Å². The van der Waals surface area contributed by atoms with Crippen LogP contribution in [-0.2, 0) is 9.59 Å². The van der Waals surface area contributed by atoms with E-state index in [1.54, 1.807) is 7.05 Å². The largest absolute Gasteiger partial charge is 0.359 e. The molecule has 0 radical (unpaired) electrons. The summed E-state index contributed by atoms with van der Waals surface area (Å²) in [6.45, 7) is 2.31. The van der Waals surface area contributed by atoms with Crippen LogP contribution in [0.5, 0.6) is 0 Å². The summed E-state index contributed by atoms with van der Waals surface area (Å²) in [6, 6.07) is -0.0153. The molecular weight excluding hydrogens is 218 g/mol. The van der Waals surface area contributed by atoms with Gasteiger partial charge in [-0.3, -0.25) is 9.59 Å². The van der Waals surface area contributed by atoms with Crippen LogP contribution in [0.15, 0.2) is 0 Å². The van der Waals surface area contributed by atoms with Crippen molar-refractivity contribution in [2.45, 2.75) is 31.7 Å². The second-order valence-electron chi connectivity index (χ2n) is 4.89. The van der Waals surface area contributed by atoms with E-state index < -0.39 is 0 Å². The Morgan fingerprint density at radius 1 is 1.29 bits per heavy atom. The second kappa shape index (κ2) is 5.49. The van der Waals surface area contributed by atoms with Gasteiger partial charge in [0.05, 0.1) is 12.0 Å². The molecule has 2 fully saturated rings. The molecule has 2 saturated heterocycles. The van der Waals surface area contributed by atoms with Crippen LogP contribution in [0.1, 0.15) is 25.7 Å². The minimum absolute atomic E-state index is 0.0153. The Balaban J connectivity index is 1.92. The predicted octanol–water partition coefficient (Wildman–Crippen LogP) is -0.277. The summed E-state index contributed by atoms with van der Waals surface area (Å²) < 4.78 is 0. The first-order chi connectivity index (χ1) is 8.22. The number of rotatable bonds is 2. The molecule has 2 aliphatic heterocycles. The van der Waals surface area contributed by atoms with Gasteiger partial charge in [0, 0.05) is 20.1 Å². The summed E-state index contributed by atoms with van der Waals surface area (Å²) in [5, 5.41) is 5.89. The van der Waals surface area contributed by atoms with Gasteiger partial charge in [-0.25, -0.2) is 0 Å². The van der Waals surface area contributed by atoms with Crippen LogP contribution in [0.4, 0.5) is 0 Å². The third-order valence-electron chi connectivity index (χ3n) is 3.71. The average Bonchev–Trinajstić information content (AvgIpc) is 2.91. The Hall–Kier alpha value is -1.10. The molecular formula is C12H21N3O2. The van der Waals surface area contributed by atoms with Gasteiger partial charge in [0.2, 0.25) is 11.8 Å². The van der Waals surface area contributed by atoms with Gasteiger partial charge in [0.15, 0.2) is 0 Å². The van der Waals surface area contributed by atoms with Gasteiger partial charge < -0.3 is 15.5 Å². The molecule has 0 aromatic carbocycles. The Bertz CT molecular complexity index is 300. The molecule has 2 atom stereocenters. The highest BCUT2D eigenvalue weighted by Crippen LogP contribution is 2.19. The molecule has 5 nitrogen and oxygen atoms in total. The standard InChI is InChI=1S/C12H21N3O2/c1-13-11(16)9-4-3-7-15(8-9)12(17)10-5-2-6-14-10/h9-10,14H,2-8H2,1H3,(H,13,16)/t9?,10-/m0/s1. The number of hydrogen-bond acceptors (Lipinski definition) is 3. The average molecular weight is 239 g/mol. The van der Waals surface area contributed by atoms with Crippen molar-refractivity contribution in [3.8, 4) is 0 Å². The van der Waals surface area contributed by atoms with Crippen LogP contribution in [0.25, 0.3) is 0 Å². The zero-order valence-electron chi connectivity index (χ0n) is 10.4. The molecule has 2 amide bonds. The number of carbonyl (C=O) groups is 2. The molecule has 0 aromatic rings. The van der Waals surface area contributed by atoms with Crippen LogP contribution < -0.4 is 10.6 Å². The van der Waals surface area contributed by atoms with Gasteiger partial charge in [0.25, 0.3) is 0 Å². The topological polar surface area (TPSA) is 61.4 Å². The minimum atomic E-state index is -0.0286. The Labute approximate surface area is 102 Å². The first-order valence-electron chi connectivity index (χ1n) is 6.46. The summed E-state index contributed by atoms with van der Waals surface area (Å²) in [7, 11) is 1.65. The molecule has 0 spiro atoms. The van der Waals surface area contributed by atoms with Crippen molar-refractivity contribution in [3.05, 3.63) is 0 Å². The fourth-order valence-corrected chi connectivity index (χ4v) is 2.71. The molecule has 2 aliphatic rings.